The van der Waals surface area contributed by atoms with Gasteiger partial charge in [-0.25, -0.2) is 4.79 Å². The molecule has 1 aliphatic carbocycles. The lowest BCUT2D eigenvalue weighted by atomic mass is 9.89. The van der Waals surface area contributed by atoms with Crippen LogP contribution in [0.3, 0.4) is 0 Å². The van der Waals surface area contributed by atoms with Crippen molar-refractivity contribution >= 4 is 34.1 Å². The van der Waals surface area contributed by atoms with Crippen LogP contribution in [0.2, 0.25) is 0 Å². The molecule has 1 aliphatic heterocycles. The molecule has 1 fully saturated rings. The van der Waals surface area contributed by atoms with Crippen molar-refractivity contribution in [3.05, 3.63) is 66.2 Å². The first-order valence-corrected chi connectivity index (χ1v) is 18.3. The first-order valence-electron chi connectivity index (χ1n) is 18.3. The fourth-order valence-corrected chi connectivity index (χ4v) is 7.27. The molecule has 49 heavy (non-hydrogen) atoms. The van der Waals surface area contributed by atoms with Crippen LogP contribution < -0.4 is 15.4 Å². The van der Waals surface area contributed by atoms with Gasteiger partial charge in [0, 0.05) is 43.2 Å². The summed E-state index contributed by atoms with van der Waals surface area (Å²) in [5.41, 5.74) is 1.52. The molecule has 3 aromatic carbocycles. The van der Waals surface area contributed by atoms with Gasteiger partial charge in [0.2, 0.25) is 0 Å². The summed E-state index contributed by atoms with van der Waals surface area (Å²) in [6.45, 7) is 8.78. The van der Waals surface area contributed by atoms with Gasteiger partial charge in [0.1, 0.15) is 5.75 Å². The Morgan fingerprint density at radius 1 is 0.959 bits per heavy atom. The Labute approximate surface area is 292 Å². The van der Waals surface area contributed by atoms with Crippen molar-refractivity contribution < 1.29 is 24.2 Å². The van der Waals surface area contributed by atoms with E-state index < -0.39 is 12.1 Å². The number of aliphatic hydroxyl groups excluding tert-OH is 1. The Bertz CT molecular complexity index is 1520. The summed E-state index contributed by atoms with van der Waals surface area (Å²) in [6, 6.07) is 18.0. The molecular weight excluding hydrogens is 616 g/mol. The number of rotatable bonds is 8. The number of urea groups is 1. The van der Waals surface area contributed by atoms with E-state index >= 15 is 0 Å². The molecule has 1 saturated carbocycles. The highest BCUT2D eigenvalue weighted by Crippen LogP contribution is 2.30. The number of hydrogen-bond donors (Lipinski definition) is 3. The van der Waals surface area contributed by atoms with Crippen molar-refractivity contribution in [2.24, 2.45) is 11.8 Å². The number of nitrogens with one attached hydrogen (secondary N) is 2. The van der Waals surface area contributed by atoms with Gasteiger partial charge in [0.15, 0.2) is 0 Å². The van der Waals surface area contributed by atoms with Crippen LogP contribution in [0.25, 0.3) is 10.8 Å². The van der Waals surface area contributed by atoms with Gasteiger partial charge >= 0.3 is 6.03 Å². The summed E-state index contributed by atoms with van der Waals surface area (Å²) in [6.07, 6.45) is 9.10. The Kier molecular flexibility index (Phi) is 13.3. The predicted octanol–water partition coefficient (Wildman–Crippen LogP) is 7.79. The Hall–Kier alpha value is -3.66. The minimum absolute atomic E-state index is 0.0192. The molecule has 0 bridgehead atoms. The molecule has 5 rings (SSSR count). The lowest BCUT2D eigenvalue weighted by molar-refractivity contribution is -0.0190. The lowest BCUT2D eigenvalue weighted by Gasteiger charge is -2.36. The average molecular weight is 673 g/mol. The van der Waals surface area contributed by atoms with E-state index in [0.29, 0.717) is 35.8 Å². The smallest absolute Gasteiger partial charge is 0.323 e. The van der Waals surface area contributed by atoms with Crippen LogP contribution in [0.5, 0.6) is 5.75 Å². The molecular formula is C40H56N4O5. The fourth-order valence-electron chi connectivity index (χ4n) is 7.27. The van der Waals surface area contributed by atoms with E-state index in [-0.39, 0.29) is 30.6 Å². The number of likely N-dealkylation sites (N-methyl/N-ethyl adjacent to an activating group) is 1. The van der Waals surface area contributed by atoms with Crippen LogP contribution in [-0.4, -0.2) is 85.0 Å². The van der Waals surface area contributed by atoms with Crippen molar-refractivity contribution in [2.45, 2.75) is 90.4 Å². The summed E-state index contributed by atoms with van der Waals surface area (Å²) in [7, 11) is 2.19. The molecule has 0 spiro atoms. The van der Waals surface area contributed by atoms with Crippen LogP contribution in [0.4, 0.5) is 16.2 Å². The van der Waals surface area contributed by atoms with Crippen molar-refractivity contribution in [1.82, 2.24) is 9.80 Å². The van der Waals surface area contributed by atoms with Crippen LogP contribution in [0.15, 0.2) is 60.7 Å². The fraction of sp³-hybridized carbons (Fsp3) is 0.550. The van der Waals surface area contributed by atoms with Gasteiger partial charge in [0.05, 0.1) is 36.1 Å². The molecule has 3 N–H and O–H groups in total. The van der Waals surface area contributed by atoms with Gasteiger partial charge in [-0.3, -0.25) is 4.79 Å². The third-order valence-corrected chi connectivity index (χ3v) is 10.1. The van der Waals surface area contributed by atoms with Crippen molar-refractivity contribution in [2.75, 3.05) is 50.5 Å². The molecule has 0 radical (unpaired) electrons. The Morgan fingerprint density at radius 2 is 1.71 bits per heavy atom. The van der Waals surface area contributed by atoms with Gasteiger partial charge < -0.3 is 35.0 Å². The number of hydrogen-bond acceptors (Lipinski definition) is 6. The summed E-state index contributed by atoms with van der Waals surface area (Å²) < 4.78 is 12.9. The topological polar surface area (TPSA) is 103 Å². The maximum absolute atomic E-state index is 14.5. The van der Waals surface area contributed by atoms with E-state index in [2.05, 4.69) is 29.5 Å². The third kappa shape index (κ3) is 10.2. The molecule has 0 aromatic heterocycles. The van der Waals surface area contributed by atoms with Crippen LogP contribution in [-0.2, 0) is 4.74 Å². The molecule has 1 heterocycles. The number of nitrogens with zero attached hydrogens (tertiary/aromatic N) is 2. The minimum atomic E-state index is -0.431. The second kappa shape index (κ2) is 17.8. The molecule has 0 saturated heterocycles. The second-order valence-electron chi connectivity index (χ2n) is 14.3. The van der Waals surface area contributed by atoms with E-state index in [4.69, 9.17) is 9.47 Å². The van der Waals surface area contributed by atoms with Crippen molar-refractivity contribution in [3.63, 3.8) is 0 Å². The SMILES string of the molecule is C[C@H](CO)N1C[C@H](C)[C@H](CN(C)CC2CCCCC2)OCCCC[C@H](C)Oc2ccc(NC(=O)Nc3cccc4ccccc34)cc2C1=O. The van der Waals surface area contributed by atoms with Crippen LogP contribution in [0.1, 0.15) is 82.5 Å². The maximum atomic E-state index is 14.5. The number of aliphatic hydroxyl groups is 1. The molecule has 266 valence electrons. The quantitative estimate of drug-likeness (QED) is 0.226. The summed E-state index contributed by atoms with van der Waals surface area (Å²) >= 11 is 0. The zero-order chi connectivity index (χ0) is 34.8. The van der Waals surface area contributed by atoms with Gasteiger partial charge in [0.25, 0.3) is 5.91 Å². The number of anilines is 2. The maximum Gasteiger partial charge on any atom is 0.323 e. The van der Waals surface area contributed by atoms with Crippen molar-refractivity contribution in [1.29, 1.82) is 0 Å². The largest absolute Gasteiger partial charge is 0.490 e. The summed E-state index contributed by atoms with van der Waals surface area (Å²) in [5.74, 6) is 0.971. The van der Waals surface area contributed by atoms with Crippen LogP contribution >= 0.6 is 0 Å². The number of amides is 3. The highest BCUT2D eigenvalue weighted by atomic mass is 16.5. The normalized spacial score (nSPS) is 22.2. The summed E-state index contributed by atoms with van der Waals surface area (Å²) in [4.78, 5) is 31.8. The zero-order valence-electron chi connectivity index (χ0n) is 29.8. The lowest BCUT2D eigenvalue weighted by Crippen LogP contribution is -2.47. The monoisotopic (exact) mass is 672 g/mol. The first-order chi connectivity index (χ1) is 23.7. The second-order valence-corrected chi connectivity index (χ2v) is 14.3. The van der Waals surface area contributed by atoms with Crippen molar-refractivity contribution in [3.8, 4) is 5.75 Å². The molecule has 9 nitrogen and oxygen atoms in total. The molecule has 2 aliphatic rings. The standard InChI is InChI=1S/C40H56N4O5/c1-28-24-44(29(2)27-45)39(46)35-23-33(41-40(47)42-36-19-12-17-32-16-8-9-18-34(32)36)20-21-37(35)49-30(3)13-10-11-22-48-38(28)26-43(4)25-31-14-6-5-7-15-31/h8-9,12,16-21,23,28-31,38,45H,5-7,10-11,13-15,22,24-27H2,1-4H3,(H2,41,42,47)/t28-,29+,30-,38-/m0/s1. The number of carbonyl (C=O) groups is 2. The van der Waals surface area contributed by atoms with Gasteiger partial charge in [-0.15, -0.1) is 0 Å². The highest BCUT2D eigenvalue weighted by Gasteiger charge is 2.31. The third-order valence-electron chi connectivity index (χ3n) is 10.1. The van der Waals surface area contributed by atoms with E-state index in [1.165, 1.54) is 32.1 Å². The summed E-state index contributed by atoms with van der Waals surface area (Å²) in [5, 5.41) is 18.1. The number of benzene rings is 3. The molecule has 4 atom stereocenters. The zero-order valence-corrected chi connectivity index (χ0v) is 29.8. The van der Waals surface area contributed by atoms with Gasteiger partial charge in [-0.1, -0.05) is 62.6 Å². The minimum Gasteiger partial charge on any atom is -0.490 e. The molecule has 9 heteroatoms. The average Bonchev–Trinajstić information content (AvgIpc) is 3.10. The Balaban J connectivity index is 1.37. The van der Waals surface area contributed by atoms with Gasteiger partial charge in [-0.05, 0) is 88.6 Å². The predicted molar refractivity (Wildman–Crippen MR) is 198 cm³/mol. The van der Waals surface area contributed by atoms with E-state index in [9.17, 15) is 14.7 Å². The first kappa shape index (κ1) is 36.6. The highest BCUT2D eigenvalue weighted by molar-refractivity contribution is 6.07. The Morgan fingerprint density at radius 3 is 2.51 bits per heavy atom. The molecule has 3 amide bonds. The number of fused-ring (bicyclic) bond motifs is 2. The van der Waals surface area contributed by atoms with Gasteiger partial charge in [-0.2, -0.15) is 0 Å². The number of ether oxygens (including phenoxy) is 2. The van der Waals surface area contributed by atoms with E-state index in [0.717, 1.165) is 49.0 Å². The van der Waals surface area contributed by atoms with E-state index in [1.54, 1.807) is 23.1 Å². The van der Waals surface area contributed by atoms with E-state index in [1.807, 2.05) is 56.3 Å². The molecule has 3 aromatic rings. The number of carbonyl (C=O) groups excluding carboxylic acids is 2. The molecule has 0 unspecified atom stereocenters. The van der Waals surface area contributed by atoms with Crippen LogP contribution in [0, 0.1) is 11.8 Å².